The molecule has 1 rings (SSSR count). The van der Waals surface area contributed by atoms with Gasteiger partial charge in [0, 0.05) is 17.2 Å². The zero-order valence-electron chi connectivity index (χ0n) is 11.2. The fraction of sp³-hybridized carbons (Fsp3) is 0.545. The van der Waals surface area contributed by atoms with E-state index in [4.69, 9.17) is 11.6 Å². The van der Waals surface area contributed by atoms with Crippen LogP contribution >= 0.6 is 27.5 Å². The Balaban J connectivity index is 3.29. The second kappa shape index (κ2) is 6.80. The highest BCUT2D eigenvalue weighted by Gasteiger charge is 2.38. The first kappa shape index (κ1) is 18.7. The quantitative estimate of drug-likeness (QED) is 0.697. The van der Waals surface area contributed by atoms with E-state index in [1.807, 2.05) is 0 Å². The summed E-state index contributed by atoms with van der Waals surface area (Å²) in [6, 6.07) is 1.13. The minimum Gasteiger partial charge on any atom is -0.242 e. The molecule has 0 fully saturated rings. The summed E-state index contributed by atoms with van der Waals surface area (Å²) in [5, 5.41) is -0.367. The molecular weight excluding hydrogens is 397 g/mol. The van der Waals surface area contributed by atoms with Crippen LogP contribution < -0.4 is 0 Å². The van der Waals surface area contributed by atoms with Crippen molar-refractivity contribution < 1.29 is 21.6 Å². The van der Waals surface area contributed by atoms with Crippen molar-refractivity contribution in [3.05, 3.63) is 21.9 Å². The Hall–Kier alpha value is -0.380. The maximum absolute atomic E-state index is 12.6. The maximum atomic E-state index is 12.6. The van der Waals surface area contributed by atoms with Crippen molar-refractivity contribution in [2.24, 2.45) is 5.92 Å². The molecule has 10 heteroatoms. The Morgan fingerprint density at radius 1 is 1.43 bits per heavy atom. The summed E-state index contributed by atoms with van der Waals surface area (Å²) in [7, 11) is -4.39. The largest absolute Gasteiger partial charge is 0.402 e. The minimum atomic E-state index is -4.64. The van der Waals surface area contributed by atoms with Crippen LogP contribution in [-0.4, -0.2) is 37.0 Å². The molecule has 0 saturated heterocycles. The molecule has 1 aromatic heterocycles. The van der Waals surface area contributed by atoms with Gasteiger partial charge in [-0.3, -0.25) is 0 Å². The van der Waals surface area contributed by atoms with Crippen molar-refractivity contribution in [2.75, 3.05) is 13.1 Å². The lowest BCUT2D eigenvalue weighted by atomic mass is 10.2. The van der Waals surface area contributed by atoms with Gasteiger partial charge in [-0.1, -0.05) is 25.4 Å². The molecule has 0 aliphatic heterocycles. The van der Waals surface area contributed by atoms with Gasteiger partial charge in [0.15, 0.2) is 0 Å². The number of alkyl halides is 3. The van der Waals surface area contributed by atoms with E-state index in [1.165, 1.54) is 6.20 Å². The fourth-order valence-corrected chi connectivity index (χ4v) is 4.09. The van der Waals surface area contributed by atoms with E-state index in [-0.39, 0.29) is 17.6 Å². The molecule has 0 radical (unpaired) electrons. The first-order chi connectivity index (χ1) is 9.43. The van der Waals surface area contributed by atoms with E-state index in [0.717, 1.165) is 6.07 Å². The molecule has 0 spiro atoms. The third-order valence-corrected chi connectivity index (χ3v) is 4.99. The van der Waals surface area contributed by atoms with E-state index in [1.54, 1.807) is 13.8 Å². The van der Waals surface area contributed by atoms with Crippen LogP contribution in [-0.2, 0) is 10.0 Å². The number of hydrogen-bond donors (Lipinski definition) is 0. The standard InChI is InChI=1S/C11H13BrClF3N2O2S/c1-7(2)5-18(6-11(14,15)16)21(19,20)9-3-8(12)4-17-10(9)13/h3-4,7H,5-6H2,1-2H3. The highest BCUT2D eigenvalue weighted by atomic mass is 79.9. The Morgan fingerprint density at radius 2 is 2.00 bits per heavy atom. The van der Waals surface area contributed by atoms with Gasteiger partial charge in [0.05, 0.1) is 0 Å². The van der Waals surface area contributed by atoms with Crippen molar-refractivity contribution in [1.29, 1.82) is 0 Å². The molecule has 1 heterocycles. The van der Waals surface area contributed by atoms with Gasteiger partial charge in [-0.2, -0.15) is 17.5 Å². The molecular formula is C11H13BrClF3N2O2S. The molecule has 0 atom stereocenters. The van der Waals surface area contributed by atoms with Crippen molar-refractivity contribution in [3.8, 4) is 0 Å². The molecule has 0 N–H and O–H groups in total. The predicted octanol–water partition coefficient (Wildman–Crippen LogP) is 3.71. The van der Waals surface area contributed by atoms with Crippen molar-refractivity contribution in [2.45, 2.75) is 24.9 Å². The van der Waals surface area contributed by atoms with E-state index in [2.05, 4.69) is 20.9 Å². The molecule has 0 aromatic carbocycles. The number of rotatable bonds is 5. The Bertz CT molecular complexity index is 608. The third kappa shape index (κ3) is 5.39. The summed E-state index contributed by atoms with van der Waals surface area (Å²) in [6.45, 7) is 1.40. The number of halogens is 5. The monoisotopic (exact) mass is 408 g/mol. The minimum absolute atomic E-state index is 0.273. The average Bonchev–Trinajstić information content (AvgIpc) is 2.29. The first-order valence-electron chi connectivity index (χ1n) is 5.81. The van der Waals surface area contributed by atoms with Crippen LogP contribution in [0.2, 0.25) is 5.15 Å². The second-order valence-corrected chi connectivity index (χ2v) is 7.93. The molecule has 0 unspecified atom stereocenters. The number of pyridine rings is 1. The SMILES string of the molecule is CC(C)CN(CC(F)(F)F)S(=O)(=O)c1cc(Br)cnc1Cl. The van der Waals surface area contributed by atoms with E-state index >= 15 is 0 Å². The maximum Gasteiger partial charge on any atom is 0.402 e. The molecule has 0 amide bonds. The molecule has 0 saturated carbocycles. The highest BCUT2D eigenvalue weighted by molar-refractivity contribution is 9.10. The Labute approximate surface area is 134 Å². The van der Waals surface area contributed by atoms with Gasteiger partial charge >= 0.3 is 6.18 Å². The lowest BCUT2D eigenvalue weighted by Crippen LogP contribution is -2.41. The zero-order valence-corrected chi connectivity index (χ0v) is 14.3. The van der Waals surface area contributed by atoms with Crippen LogP contribution in [0.1, 0.15) is 13.8 Å². The molecule has 1 aromatic rings. The summed E-state index contributed by atoms with van der Waals surface area (Å²) in [5.41, 5.74) is 0. The average molecular weight is 410 g/mol. The topological polar surface area (TPSA) is 50.3 Å². The van der Waals surface area contributed by atoms with Gasteiger partial charge in [-0.15, -0.1) is 0 Å². The van der Waals surface area contributed by atoms with Gasteiger partial charge in [0.2, 0.25) is 10.0 Å². The lowest BCUT2D eigenvalue weighted by molar-refractivity contribution is -0.136. The summed E-state index contributed by atoms with van der Waals surface area (Å²) in [5.74, 6) is -0.277. The highest BCUT2D eigenvalue weighted by Crippen LogP contribution is 2.28. The Morgan fingerprint density at radius 3 is 2.48 bits per heavy atom. The van der Waals surface area contributed by atoms with Gasteiger partial charge in [-0.05, 0) is 27.9 Å². The van der Waals surface area contributed by atoms with Crippen LogP contribution in [0, 0.1) is 5.92 Å². The van der Waals surface area contributed by atoms with Crippen LogP contribution in [0.25, 0.3) is 0 Å². The van der Waals surface area contributed by atoms with E-state index in [0.29, 0.717) is 8.78 Å². The molecule has 0 aliphatic rings. The van der Waals surface area contributed by atoms with Crippen LogP contribution in [0.4, 0.5) is 13.2 Å². The number of hydrogen-bond acceptors (Lipinski definition) is 3. The van der Waals surface area contributed by atoms with Crippen LogP contribution in [0.5, 0.6) is 0 Å². The normalized spacial score (nSPS) is 13.2. The lowest BCUT2D eigenvalue weighted by Gasteiger charge is -2.25. The summed E-state index contributed by atoms with van der Waals surface area (Å²) < 4.78 is 63.3. The second-order valence-electron chi connectivity index (χ2n) is 4.75. The van der Waals surface area contributed by atoms with Crippen molar-refractivity contribution >= 4 is 37.6 Å². The van der Waals surface area contributed by atoms with Crippen molar-refractivity contribution in [1.82, 2.24) is 9.29 Å². The zero-order chi connectivity index (χ0) is 16.4. The summed E-state index contributed by atoms with van der Waals surface area (Å²) in [4.78, 5) is 3.18. The van der Waals surface area contributed by atoms with Crippen LogP contribution in [0.3, 0.4) is 0 Å². The number of nitrogens with zero attached hydrogens (tertiary/aromatic N) is 2. The molecule has 21 heavy (non-hydrogen) atoms. The summed E-state index contributed by atoms with van der Waals surface area (Å²) in [6.07, 6.45) is -3.38. The smallest absolute Gasteiger partial charge is 0.242 e. The third-order valence-electron chi connectivity index (χ3n) is 2.32. The van der Waals surface area contributed by atoms with Crippen LogP contribution in [0.15, 0.2) is 21.6 Å². The molecule has 4 nitrogen and oxygen atoms in total. The van der Waals surface area contributed by atoms with Crippen molar-refractivity contribution in [3.63, 3.8) is 0 Å². The predicted molar refractivity (Wildman–Crippen MR) is 76.6 cm³/mol. The van der Waals surface area contributed by atoms with Gasteiger partial charge in [0.1, 0.15) is 16.6 Å². The number of sulfonamides is 1. The Kier molecular flexibility index (Phi) is 6.05. The molecule has 120 valence electrons. The molecule has 0 aliphatic carbocycles. The van der Waals surface area contributed by atoms with E-state index in [9.17, 15) is 21.6 Å². The van der Waals surface area contributed by atoms with Gasteiger partial charge in [0.25, 0.3) is 0 Å². The van der Waals surface area contributed by atoms with Gasteiger partial charge < -0.3 is 0 Å². The van der Waals surface area contributed by atoms with E-state index < -0.39 is 27.6 Å². The van der Waals surface area contributed by atoms with Gasteiger partial charge in [-0.25, -0.2) is 13.4 Å². The first-order valence-corrected chi connectivity index (χ1v) is 8.42. The molecule has 0 bridgehead atoms. The fourth-order valence-electron chi connectivity index (χ4n) is 1.58. The summed E-state index contributed by atoms with van der Waals surface area (Å²) >= 11 is 8.74. The number of aromatic nitrogens is 1.